The summed E-state index contributed by atoms with van der Waals surface area (Å²) in [4.78, 5) is 16.1. The van der Waals surface area contributed by atoms with Gasteiger partial charge in [0.1, 0.15) is 10.3 Å². The summed E-state index contributed by atoms with van der Waals surface area (Å²) in [6.07, 6.45) is 1.70. The summed E-state index contributed by atoms with van der Waals surface area (Å²) in [7, 11) is 0. The van der Waals surface area contributed by atoms with Crippen LogP contribution in [0, 0.1) is 0 Å². The van der Waals surface area contributed by atoms with Gasteiger partial charge in [0.05, 0.1) is 0 Å². The predicted octanol–water partition coefficient (Wildman–Crippen LogP) is 2.83. The van der Waals surface area contributed by atoms with Crippen molar-refractivity contribution in [3.05, 3.63) is 54.2 Å². The predicted molar refractivity (Wildman–Crippen MR) is 64.9 cm³/mol. The minimum Gasteiger partial charge on any atom is -0.423 e. The molecule has 1 aromatic carbocycles. The molecule has 1 atom stereocenters. The molecule has 0 bridgehead atoms. The minimum atomic E-state index is -0.321. The molecule has 0 aliphatic carbocycles. The standard InChI is InChI=1S/C13H9NO2S/c15-13-11(9-5-2-1-3-6-9)17-12-10(16-13)7-4-8-14-12/h1-8,11H. The second-order valence-corrected chi connectivity index (χ2v) is 4.73. The van der Waals surface area contributed by atoms with Crippen molar-refractivity contribution < 1.29 is 9.53 Å². The van der Waals surface area contributed by atoms with E-state index < -0.39 is 0 Å². The molecule has 1 aromatic heterocycles. The van der Waals surface area contributed by atoms with Gasteiger partial charge in [-0.05, 0) is 17.7 Å². The molecule has 0 radical (unpaired) electrons. The van der Waals surface area contributed by atoms with E-state index in [4.69, 9.17) is 4.74 Å². The molecule has 0 saturated carbocycles. The third-order valence-corrected chi connectivity index (χ3v) is 3.72. The molecule has 0 fully saturated rings. The van der Waals surface area contributed by atoms with E-state index in [1.807, 2.05) is 30.3 Å². The van der Waals surface area contributed by atoms with Crippen LogP contribution < -0.4 is 4.74 Å². The van der Waals surface area contributed by atoms with Crippen LogP contribution in [-0.4, -0.2) is 11.0 Å². The maximum atomic E-state index is 11.9. The first-order valence-electron chi connectivity index (χ1n) is 5.23. The number of rotatable bonds is 1. The highest BCUT2D eigenvalue weighted by atomic mass is 32.2. The van der Waals surface area contributed by atoms with Crippen molar-refractivity contribution in [1.82, 2.24) is 4.98 Å². The average Bonchev–Trinajstić information content (AvgIpc) is 2.39. The Kier molecular flexibility index (Phi) is 2.57. The molecule has 3 nitrogen and oxygen atoms in total. The molecule has 1 aliphatic rings. The van der Waals surface area contributed by atoms with E-state index in [9.17, 15) is 4.79 Å². The summed E-state index contributed by atoms with van der Waals surface area (Å²) in [6.45, 7) is 0. The fourth-order valence-electron chi connectivity index (χ4n) is 1.70. The van der Waals surface area contributed by atoms with Gasteiger partial charge in [-0.3, -0.25) is 4.79 Å². The van der Waals surface area contributed by atoms with Gasteiger partial charge in [-0.2, -0.15) is 0 Å². The highest BCUT2D eigenvalue weighted by molar-refractivity contribution is 8.00. The lowest BCUT2D eigenvalue weighted by Crippen LogP contribution is -2.20. The first-order valence-corrected chi connectivity index (χ1v) is 6.11. The Morgan fingerprint density at radius 2 is 1.94 bits per heavy atom. The van der Waals surface area contributed by atoms with Crippen LogP contribution >= 0.6 is 11.8 Å². The molecule has 84 valence electrons. The van der Waals surface area contributed by atoms with Gasteiger partial charge in [0.2, 0.25) is 0 Å². The molecule has 0 saturated heterocycles. The van der Waals surface area contributed by atoms with Crippen molar-refractivity contribution in [3.63, 3.8) is 0 Å². The van der Waals surface area contributed by atoms with E-state index in [1.165, 1.54) is 11.8 Å². The molecule has 4 heteroatoms. The van der Waals surface area contributed by atoms with Gasteiger partial charge in [-0.1, -0.05) is 42.1 Å². The zero-order valence-corrected chi connectivity index (χ0v) is 9.68. The lowest BCUT2D eigenvalue weighted by Gasteiger charge is -2.21. The number of esters is 1. The zero-order valence-electron chi connectivity index (χ0n) is 8.87. The van der Waals surface area contributed by atoms with E-state index >= 15 is 0 Å². The molecule has 17 heavy (non-hydrogen) atoms. The van der Waals surface area contributed by atoms with E-state index in [1.54, 1.807) is 18.3 Å². The van der Waals surface area contributed by atoms with Crippen LogP contribution in [0.1, 0.15) is 10.8 Å². The quantitative estimate of drug-likeness (QED) is 0.722. The normalized spacial score (nSPS) is 18.4. The van der Waals surface area contributed by atoms with Gasteiger partial charge in [-0.25, -0.2) is 4.98 Å². The number of fused-ring (bicyclic) bond motifs is 1. The van der Waals surface area contributed by atoms with Gasteiger partial charge < -0.3 is 4.74 Å². The van der Waals surface area contributed by atoms with E-state index in [2.05, 4.69) is 4.98 Å². The second-order valence-electron chi connectivity index (χ2n) is 3.64. The molecule has 0 amide bonds. The SMILES string of the molecule is O=C1Oc2cccnc2SC1c1ccccc1. The summed E-state index contributed by atoms with van der Waals surface area (Å²) in [5.41, 5.74) is 0.943. The minimum absolute atomic E-state index is 0.235. The summed E-state index contributed by atoms with van der Waals surface area (Å²) in [5.74, 6) is 0.316. The first kappa shape index (κ1) is 10.4. The molecule has 3 rings (SSSR count). The molecule has 0 spiro atoms. The van der Waals surface area contributed by atoms with Gasteiger partial charge in [0.15, 0.2) is 5.75 Å². The molecule has 0 N–H and O–H groups in total. The average molecular weight is 243 g/mol. The third kappa shape index (κ3) is 1.91. The van der Waals surface area contributed by atoms with Crippen LogP contribution in [-0.2, 0) is 4.79 Å². The number of pyridine rings is 1. The Morgan fingerprint density at radius 3 is 2.76 bits per heavy atom. The van der Waals surface area contributed by atoms with Crippen molar-refractivity contribution >= 4 is 17.7 Å². The highest BCUT2D eigenvalue weighted by Gasteiger charge is 2.31. The zero-order chi connectivity index (χ0) is 11.7. The monoisotopic (exact) mass is 243 g/mol. The summed E-state index contributed by atoms with van der Waals surface area (Å²) >= 11 is 1.43. The smallest absolute Gasteiger partial charge is 0.329 e. The van der Waals surface area contributed by atoms with E-state index in [0.29, 0.717) is 5.75 Å². The number of benzene rings is 1. The van der Waals surface area contributed by atoms with Gasteiger partial charge in [0, 0.05) is 6.20 Å². The number of aromatic nitrogens is 1. The van der Waals surface area contributed by atoms with Crippen LogP contribution in [0.15, 0.2) is 53.7 Å². The number of hydrogen-bond acceptors (Lipinski definition) is 4. The highest BCUT2D eigenvalue weighted by Crippen LogP contribution is 2.43. The van der Waals surface area contributed by atoms with E-state index in [-0.39, 0.29) is 11.2 Å². The van der Waals surface area contributed by atoms with Gasteiger partial charge >= 0.3 is 5.97 Å². The maximum Gasteiger partial charge on any atom is 0.329 e. The number of hydrogen-bond donors (Lipinski definition) is 0. The lowest BCUT2D eigenvalue weighted by atomic mass is 10.1. The largest absolute Gasteiger partial charge is 0.423 e. The molecular formula is C13H9NO2S. The Bertz CT molecular complexity index is 556. The van der Waals surface area contributed by atoms with Gasteiger partial charge in [0.25, 0.3) is 0 Å². The molecule has 2 aromatic rings. The van der Waals surface area contributed by atoms with Crippen LogP contribution in [0.4, 0.5) is 0 Å². The van der Waals surface area contributed by atoms with Gasteiger partial charge in [-0.15, -0.1) is 0 Å². The Morgan fingerprint density at radius 1 is 1.12 bits per heavy atom. The molecular weight excluding hydrogens is 234 g/mol. The first-order chi connectivity index (χ1) is 8.34. The maximum absolute atomic E-state index is 11.9. The fourth-order valence-corrected chi connectivity index (χ4v) is 2.70. The molecule has 1 unspecified atom stereocenters. The van der Waals surface area contributed by atoms with Crippen molar-refractivity contribution in [1.29, 1.82) is 0 Å². The Hall–Kier alpha value is -1.81. The molecule has 2 heterocycles. The fraction of sp³-hybridized carbons (Fsp3) is 0.0769. The van der Waals surface area contributed by atoms with Crippen LogP contribution in [0.2, 0.25) is 0 Å². The topological polar surface area (TPSA) is 39.2 Å². The Balaban J connectivity index is 1.98. The Labute approximate surface area is 103 Å². The number of nitrogens with zero attached hydrogens (tertiary/aromatic N) is 1. The third-order valence-electron chi connectivity index (χ3n) is 2.49. The summed E-state index contributed by atoms with van der Waals surface area (Å²) in [5, 5.41) is 0.444. The van der Waals surface area contributed by atoms with Crippen molar-refractivity contribution in [2.24, 2.45) is 0 Å². The van der Waals surface area contributed by atoms with Crippen LogP contribution in [0.25, 0.3) is 0 Å². The van der Waals surface area contributed by atoms with Crippen LogP contribution in [0.5, 0.6) is 5.75 Å². The second kappa shape index (κ2) is 4.22. The van der Waals surface area contributed by atoms with Crippen molar-refractivity contribution in [3.8, 4) is 5.75 Å². The van der Waals surface area contributed by atoms with Crippen molar-refractivity contribution in [2.75, 3.05) is 0 Å². The number of thioether (sulfide) groups is 1. The lowest BCUT2D eigenvalue weighted by molar-refractivity contribution is -0.134. The van der Waals surface area contributed by atoms with E-state index in [0.717, 1.165) is 10.6 Å². The summed E-state index contributed by atoms with van der Waals surface area (Å²) < 4.78 is 5.28. The number of ether oxygens (including phenoxy) is 1. The number of carbonyl (C=O) groups is 1. The summed E-state index contributed by atoms with van der Waals surface area (Å²) in [6, 6.07) is 13.1. The number of carbonyl (C=O) groups excluding carboxylic acids is 1. The molecule has 1 aliphatic heterocycles. The van der Waals surface area contributed by atoms with Crippen molar-refractivity contribution in [2.45, 2.75) is 10.3 Å². The van der Waals surface area contributed by atoms with Crippen LogP contribution in [0.3, 0.4) is 0 Å².